The maximum absolute atomic E-state index is 12.3. The monoisotopic (exact) mass is 317 g/mol. The van der Waals surface area contributed by atoms with Crippen LogP contribution in [0.3, 0.4) is 0 Å². The van der Waals surface area contributed by atoms with E-state index < -0.39 is 0 Å². The predicted molar refractivity (Wildman–Crippen MR) is 82.7 cm³/mol. The van der Waals surface area contributed by atoms with Gasteiger partial charge in [-0.15, -0.1) is 12.4 Å². The van der Waals surface area contributed by atoms with E-state index in [0.717, 1.165) is 38.4 Å². The first-order valence-corrected chi connectivity index (χ1v) is 7.48. The molecule has 0 spiro atoms. The normalized spacial score (nSPS) is 23.6. The van der Waals surface area contributed by atoms with Crippen LogP contribution in [0.4, 0.5) is 0 Å². The third kappa shape index (κ3) is 3.30. The van der Waals surface area contributed by atoms with Crippen LogP contribution in [0.2, 0.25) is 5.02 Å². The molecule has 20 heavy (non-hydrogen) atoms. The molecule has 0 bridgehead atoms. The highest BCUT2D eigenvalue weighted by Gasteiger charge is 2.30. The van der Waals surface area contributed by atoms with E-state index in [9.17, 15) is 4.79 Å². The maximum atomic E-state index is 12.3. The number of amides is 1. The number of hydrogen-bond donors (Lipinski definition) is 2. The van der Waals surface area contributed by atoms with Crippen LogP contribution in [-0.4, -0.2) is 41.5 Å². The molecule has 4 nitrogen and oxygen atoms in total. The average Bonchev–Trinajstić information content (AvgIpc) is 3.09. The number of rotatable bonds is 2. The zero-order chi connectivity index (χ0) is 13.2. The molecule has 2 aliphatic rings. The number of carbonyl (C=O) groups is 1. The van der Waals surface area contributed by atoms with Crippen molar-refractivity contribution in [1.29, 1.82) is 0 Å². The third-order valence-electron chi connectivity index (χ3n) is 4.37. The predicted octanol–water partition coefficient (Wildman–Crippen LogP) is 2.69. The summed E-state index contributed by atoms with van der Waals surface area (Å²) in [4.78, 5) is 17.1. The van der Waals surface area contributed by atoms with Gasteiger partial charge in [0.05, 0.1) is 5.02 Å². The Morgan fingerprint density at radius 2 is 2.05 bits per heavy atom. The lowest BCUT2D eigenvalue weighted by Crippen LogP contribution is -2.43. The van der Waals surface area contributed by atoms with Crippen LogP contribution in [-0.2, 0) is 0 Å². The van der Waals surface area contributed by atoms with Crippen LogP contribution in [0, 0.1) is 5.92 Å². The van der Waals surface area contributed by atoms with Gasteiger partial charge in [-0.25, -0.2) is 0 Å². The zero-order valence-corrected chi connectivity index (χ0v) is 13.0. The van der Waals surface area contributed by atoms with Crippen LogP contribution in [0.1, 0.15) is 36.2 Å². The molecule has 0 saturated carbocycles. The summed E-state index contributed by atoms with van der Waals surface area (Å²) in [6, 6.07) is 2.38. The molecule has 1 unspecified atom stereocenters. The minimum atomic E-state index is 0. The lowest BCUT2D eigenvalue weighted by Gasteiger charge is -2.34. The van der Waals surface area contributed by atoms with Gasteiger partial charge in [0.25, 0.3) is 5.91 Å². The molecule has 0 aliphatic carbocycles. The summed E-state index contributed by atoms with van der Waals surface area (Å²) in [6.45, 7) is 2.88. The number of carbonyl (C=O) groups excluding carboxylic acids is 1. The smallest absolute Gasteiger partial charge is 0.270 e. The Morgan fingerprint density at radius 1 is 1.30 bits per heavy atom. The molecule has 6 heteroatoms. The molecule has 112 valence electrons. The van der Waals surface area contributed by atoms with E-state index in [2.05, 4.69) is 10.3 Å². The Balaban J connectivity index is 0.00000147. The highest BCUT2D eigenvalue weighted by Crippen LogP contribution is 2.26. The summed E-state index contributed by atoms with van der Waals surface area (Å²) in [7, 11) is 0. The van der Waals surface area contributed by atoms with E-state index in [1.165, 1.54) is 12.8 Å². The quantitative estimate of drug-likeness (QED) is 0.881. The van der Waals surface area contributed by atoms with Gasteiger partial charge in [0.1, 0.15) is 5.69 Å². The first kappa shape index (κ1) is 15.7. The van der Waals surface area contributed by atoms with Gasteiger partial charge >= 0.3 is 0 Å². The fourth-order valence-electron chi connectivity index (χ4n) is 3.28. The Bertz CT molecular complexity index is 449. The number of aromatic amines is 1. The Morgan fingerprint density at radius 3 is 2.60 bits per heavy atom. The highest BCUT2D eigenvalue weighted by atomic mass is 35.5. The molecule has 2 fully saturated rings. The SMILES string of the molecule is Cl.O=C(c1cc(Cl)c[nH]1)N1CCC(C2CCCN2)CC1. The standard InChI is InChI=1S/C14H20ClN3O.ClH/c15-11-8-13(17-9-11)14(19)18-6-3-10(4-7-18)12-2-1-5-16-12;/h8-10,12,16-17H,1-7H2;1H. The number of nitrogens with zero attached hydrogens (tertiary/aromatic N) is 1. The second-order valence-corrected chi connectivity index (χ2v) is 6.00. The Hall–Kier alpha value is -0.710. The summed E-state index contributed by atoms with van der Waals surface area (Å²) >= 11 is 5.84. The van der Waals surface area contributed by atoms with Gasteiger partial charge in [0.2, 0.25) is 0 Å². The van der Waals surface area contributed by atoms with E-state index in [1.54, 1.807) is 12.3 Å². The molecule has 2 N–H and O–H groups in total. The van der Waals surface area contributed by atoms with Crippen molar-refractivity contribution in [3.8, 4) is 0 Å². The molecule has 1 amide bonds. The summed E-state index contributed by atoms with van der Waals surface area (Å²) in [5.41, 5.74) is 0.599. The van der Waals surface area contributed by atoms with Gasteiger partial charge in [-0.3, -0.25) is 4.79 Å². The van der Waals surface area contributed by atoms with Crippen LogP contribution >= 0.6 is 24.0 Å². The second-order valence-electron chi connectivity index (χ2n) is 5.56. The average molecular weight is 318 g/mol. The van der Waals surface area contributed by atoms with Gasteiger partial charge in [0.15, 0.2) is 0 Å². The molecule has 0 radical (unpaired) electrons. The lowest BCUT2D eigenvalue weighted by atomic mass is 9.88. The molecule has 1 atom stereocenters. The number of piperidine rings is 1. The van der Waals surface area contributed by atoms with Crippen molar-refractivity contribution in [2.24, 2.45) is 5.92 Å². The summed E-state index contributed by atoms with van der Waals surface area (Å²) < 4.78 is 0. The maximum Gasteiger partial charge on any atom is 0.270 e. The van der Waals surface area contributed by atoms with E-state index in [0.29, 0.717) is 16.8 Å². The lowest BCUT2D eigenvalue weighted by molar-refractivity contribution is 0.0669. The number of halogens is 2. The summed E-state index contributed by atoms with van der Waals surface area (Å²) in [5, 5.41) is 4.17. The van der Waals surface area contributed by atoms with Gasteiger partial charge in [-0.05, 0) is 44.2 Å². The van der Waals surface area contributed by atoms with Gasteiger partial charge in [0, 0.05) is 25.3 Å². The Labute approximate surface area is 130 Å². The van der Waals surface area contributed by atoms with Crippen LogP contribution in [0.5, 0.6) is 0 Å². The van der Waals surface area contributed by atoms with E-state index in [4.69, 9.17) is 11.6 Å². The van der Waals surface area contributed by atoms with Crippen LogP contribution in [0.25, 0.3) is 0 Å². The molecule has 1 aromatic heterocycles. The number of likely N-dealkylation sites (tertiary alicyclic amines) is 1. The van der Waals surface area contributed by atoms with Crippen molar-refractivity contribution in [3.63, 3.8) is 0 Å². The first-order valence-electron chi connectivity index (χ1n) is 7.10. The van der Waals surface area contributed by atoms with Crippen molar-refractivity contribution in [3.05, 3.63) is 23.0 Å². The highest BCUT2D eigenvalue weighted by molar-refractivity contribution is 6.30. The van der Waals surface area contributed by atoms with Gasteiger partial charge in [-0.2, -0.15) is 0 Å². The Kier molecular flexibility index (Phi) is 5.35. The molecule has 3 rings (SSSR count). The van der Waals surface area contributed by atoms with Crippen molar-refractivity contribution < 1.29 is 4.79 Å². The van der Waals surface area contributed by atoms with Gasteiger partial charge in [-0.1, -0.05) is 11.6 Å². The molecule has 2 aliphatic heterocycles. The molecule has 2 saturated heterocycles. The van der Waals surface area contributed by atoms with Gasteiger partial charge < -0.3 is 15.2 Å². The molecular formula is C14H21Cl2N3O. The topological polar surface area (TPSA) is 48.1 Å². The summed E-state index contributed by atoms with van der Waals surface area (Å²) in [6.07, 6.45) is 6.47. The fourth-order valence-corrected chi connectivity index (χ4v) is 3.44. The second kappa shape index (κ2) is 6.83. The molecule has 3 heterocycles. The van der Waals surface area contributed by atoms with E-state index in [-0.39, 0.29) is 18.3 Å². The number of H-pyrrole nitrogens is 1. The van der Waals surface area contributed by atoms with Crippen molar-refractivity contribution in [2.75, 3.05) is 19.6 Å². The summed E-state index contributed by atoms with van der Waals surface area (Å²) in [5.74, 6) is 0.809. The van der Waals surface area contributed by atoms with Crippen molar-refractivity contribution in [2.45, 2.75) is 31.7 Å². The minimum Gasteiger partial charge on any atom is -0.356 e. The van der Waals surface area contributed by atoms with Crippen LogP contribution in [0.15, 0.2) is 12.3 Å². The zero-order valence-electron chi connectivity index (χ0n) is 11.4. The third-order valence-corrected chi connectivity index (χ3v) is 4.59. The number of nitrogens with one attached hydrogen (secondary N) is 2. The van der Waals surface area contributed by atoms with E-state index in [1.807, 2.05) is 4.90 Å². The molecule has 1 aromatic rings. The largest absolute Gasteiger partial charge is 0.356 e. The first-order chi connectivity index (χ1) is 9.24. The minimum absolute atomic E-state index is 0. The molecule has 0 aromatic carbocycles. The number of aromatic nitrogens is 1. The van der Waals surface area contributed by atoms with Crippen molar-refractivity contribution in [1.82, 2.24) is 15.2 Å². The van der Waals surface area contributed by atoms with E-state index >= 15 is 0 Å². The molecular weight excluding hydrogens is 297 g/mol. The number of hydrogen-bond acceptors (Lipinski definition) is 2. The van der Waals surface area contributed by atoms with Crippen molar-refractivity contribution >= 4 is 29.9 Å². The van der Waals surface area contributed by atoms with Crippen LogP contribution < -0.4 is 5.32 Å². The fraction of sp³-hybridized carbons (Fsp3) is 0.643.